The van der Waals surface area contributed by atoms with Crippen LogP contribution in [0.1, 0.15) is 27.2 Å². The van der Waals surface area contributed by atoms with E-state index in [0.717, 1.165) is 11.3 Å². The van der Waals surface area contributed by atoms with E-state index < -0.39 is 10.0 Å². The maximum absolute atomic E-state index is 12.7. The number of nitrogens with one attached hydrogen (secondary N) is 2. The third kappa shape index (κ3) is 4.75. The zero-order valence-electron chi connectivity index (χ0n) is 15.6. The van der Waals surface area contributed by atoms with E-state index >= 15 is 0 Å². The lowest BCUT2D eigenvalue weighted by molar-refractivity contribution is 0.0950. The van der Waals surface area contributed by atoms with Crippen molar-refractivity contribution in [2.24, 2.45) is 0 Å². The fraction of sp³-hybridized carbons (Fsp3) is 0.143. The van der Waals surface area contributed by atoms with Gasteiger partial charge in [-0.2, -0.15) is 0 Å². The van der Waals surface area contributed by atoms with Crippen LogP contribution in [0.25, 0.3) is 0 Å². The van der Waals surface area contributed by atoms with Crippen molar-refractivity contribution in [3.8, 4) is 0 Å². The van der Waals surface area contributed by atoms with Crippen LogP contribution in [0.15, 0.2) is 71.8 Å². The SMILES string of the molecule is Cc1ccc(C)c(S(=O)(=O)Nc2ccc(C(=O)NCc3ccccn3)cc2)c1. The van der Waals surface area contributed by atoms with Gasteiger partial charge in [0, 0.05) is 17.4 Å². The fourth-order valence-corrected chi connectivity index (χ4v) is 4.06. The molecular weight excluding hydrogens is 374 g/mol. The minimum Gasteiger partial charge on any atom is -0.346 e. The molecule has 0 saturated heterocycles. The molecule has 1 heterocycles. The lowest BCUT2D eigenvalue weighted by Crippen LogP contribution is -2.23. The highest BCUT2D eigenvalue weighted by Gasteiger charge is 2.17. The third-order valence-corrected chi connectivity index (χ3v) is 5.71. The predicted octanol–water partition coefficient (Wildman–Crippen LogP) is 3.43. The summed E-state index contributed by atoms with van der Waals surface area (Å²) in [4.78, 5) is 16.6. The van der Waals surface area contributed by atoms with E-state index in [9.17, 15) is 13.2 Å². The van der Waals surface area contributed by atoms with Crippen molar-refractivity contribution in [3.05, 3.63) is 89.2 Å². The average Bonchev–Trinajstić information content (AvgIpc) is 2.69. The van der Waals surface area contributed by atoms with Gasteiger partial charge in [0.25, 0.3) is 15.9 Å². The Bertz CT molecular complexity index is 1080. The molecule has 0 unspecified atom stereocenters. The van der Waals surface area contributed by atoms with Gasteiger partial charge in [-0.05, 0) is 67.4 Å². The van der Waals surface area contributed by atoms with Gasteiger partial charge in [-0.1, -0.05) is 18.2 Å². The quantitative estimate of drug-likeness (QED) is 0.669. The summed E-state index contributed by atoms with van der Waals surface area (Å²) < 4.78 is 27.9. The highest BCUT2D eigenvalue weighted by molar-refractivity contribution is 7.92. The number of anilines is 1. The number of rotatable bonds is 6. The topological polar surface area (TPSA) is 88.2 Å². The first-order valence-corrected chi connectivity index (χ1v) is 10.2. The largest absolute Gasteiger partial charge is 0.346 e. The van der Waals surface area contributed by atoms with Crippen LogP contribution < -0.4 is 10.0 Å². The summed E-state index contributed by atoms with van der Waals surface area (Å²) in [5.74, 6) is -0.255. The van der Waals surface area contributed by atoms with Gasteiger partial charge in [-0.15, -0.1) is 0 Å². The lowest BCUT2D eigenvalue weighted by Gasteiger charge is -2.12. The van der Waals surface area contributed by atoms with Gasteiger partial charge in [0.1, 0.15) is 0 Å². The van der Waals surface area contributed by atoms with Crippen molar-refractivity contribution in [2.45, 2.75) is 25.3 Å². The molecule has 0 saturated carbocycles. The summed E-state index contributed by atoms with van der Waals surface area (Å²) in [5.41, 5.74) is 3.12. The van der Waals surface area contributed by atoms with Crippen LogP contribution in [-0.4, -0.2) is 19.3 Å². The van der Waals surface area contributed by atoms with Crippen LogP contribution in [-0.2, 0) is 16.6 Å². The van der Waals surface area contributed by atoms with E-state index in [1.165, 1.54) is 0 Å². The summed E-state index contributed by atoms with van der Waals surface area (Å²) >= 11 is 0. The molecule has 0 aliphatic heterocycles. The van der Waals surface area contributed by atoms with E-state index in [4.69, 9.17) is 0 Å². The van der Waals surface area contributed by atoms with Crippen LogP contribution in [0, 0.1) is 13.8 Å². The van der Waals surface area contributed by atoms with Crippen LogP contribution in [0.4, 0.5) is 5.69 Å². The smallest absolute Gasteiger partial charge is 0.262 e. The molecule has 6 nitrogen and oxygen atoms in total. The zero-order valence-corrected chi connectivity index (χ0v) is 16.5. The molecule has 0 spiro atoms. The van der Waals surface area contributed by atoms with Gasteiger partial charge in [-0.3, -0.25) is 14.5 Å². The number of benzene rings is 2. The van der Waals surface area contributed by atoms with E-state index in [2.05, 4.69) is 15.0 Å². The third-order valence-electron chi connectivity index (χ3n) is 4.19. The first-order chi connectivity index (χ1) is 13.3. The number of amides is 1. The highest BCUT2D eigenvalue weighted by Crippen LogP contribution is 2.21. The molecule has 28 heavy (non-hydrogen) atoms. The molecule has 0 fully saturated rings. The highest BCUT2D eigenvalue weighted by atomic mass is 32.2. The fourth-order valence-electron chi connectivity index (χ4n) is 2.67. The Labute approximate surface area is 164 Å². The van der Waals surface area contributed by atoms with Crippen LogP contribution in [0.5, 0.6) is 0 Å². The predicted molar refractivity (Wildman–Crippen MR) is 109 cm³/mol. The van der Waals surface area contributed by atoms with E-state index in [1.54, 1.807) is 49.5 Å². The number of aromatic nitrogens is 1. The van der Waals surface area contributed by atoms with Crippen molar-refractivity contribution < 1.29 is 13.2 Å². The molecule has 0 atom stereocenters. The van der Waals surface area contributed by atoms with Crippen LogP contribution in [0.2, 0.25) is 0 Å². The lowest BCUT2D eigenvalue weighted by atomic mass is 10.2. The Kier molecular flexibility index (Phi) is 5.75. The van der Waals surface area contributed by atoms with Gasteiger partial charge in [0.15, 0.2) is 0 Å². The summed E-state index contributed by atoms with van der Waals surface area (Å²) in [6.45, 7) is 3.92. The summed E-state index contributed by atoms with van der Waals surface area (Å²) in [6, 6.07) is 17.1. The molecule has 7 heteroatoms. The Morgan fingerprint density at radius 1 is 1.00 bits per heavy atom. The number of aryl methyl sites for hydroxylation is 2. The van der Waals surface area contributed by atoms with Crippen molar-refractivity contribution >= 4 is 21.6 Å². The zero-order chi connectivity index (χ0) is 20.1. The Morgan fingerprint density at radius 2 is 1.75 bits per heavy atom. The molecule has 2 N–H and O–H groups in total. The second-order valence-corrected chi connectivity index (χ2v) is 8.11. The maximum Gasteiger partial charge on any atom is 0.262 e. The van der Waals surface area contributed by atoms with Crippen molar-refractivity contribution in [3.63, 3.8) is 0 Å². The Hall–Kier alpha value is -3.19. The molecule has 3 aromatic rings. The maximum atomic E-state index is 12.7. The van der Waals surface area contributed by atoms with Gasteiger partial charge < -0.3 is 5.32 Å². The summed E-state index contributed by atoms with van der Waals surface area (Å²) in [6.07, 6.45) is 1.67. The molecule has 1 aromatic heterocycles. The van der Waals surface area contributed by atoms with Gasteiger partial charge >= 0.3 is 0 Å². The van der Waals surface area contributed by atoms with Crippen LogP contribution >= 0.6 is 0 Å². The second kappa shape index (κ2) is 8.22. The van der Waals surface area contributed by atoms with Crippen LogP contribution in [0.3, 0.4) is 0 Å². The van der Waals surface area contributed by atoms with Gasteiger partial charge in [0.2, 0.25) is 0 Å². The second-order valence-electron chi connectivity index (χ2n) is 6.46. The number of carbonyl (C=O) groups excluding carboxylic acids is 1. The number of hydrogen-bond acceptors (Lipinski definition) is 4. The van der Waals surface area contributed by atoms with Crippen molar-refractivity contribution in [1.82, 2.24) is 10.3 Å². The Morgan fingerprint density at radius 3 is 2.43 bits per heavy atom. The molecule has 0 bridgehead atoms. The van der Waals surface area contributed by atoms with Crippen molar-refractivity contribution in [2.75, 3.05) is 4.72 Å². The van der Waals surface area contributed by atoms with Gasteiger partial charge in [-0.25, -0.2) is 8.42 Å². The molecule has 0 aliphatic carbocycles. The summed E-state index contributed by atoms with van der Waals surface area (Å²) in [5, 5.41) is 2.78. The number of nitrogens with zero attached hydrogens (tertiary/aromatic N) is 1. The van der Waals surface area contributed by atoms with E-state index in [0.29, 0.717) is 23.4 Å². The summed E-state index contributed by atoms with van der Waals surface area (Å²) in [7, 11) is -3.70. The molecule has 2 aromatic carbocycles. The molecule has 1 amide bonds. The molecule has 0 radical (unpaired) electrons. The number of hydrogen-bond donors (Lipinski definition) is 2. The normalized spacial score (nSPS) is 11.1. The average molecular weight is 395 g/mol. The number of sulfonamides is 1. The molecule has 3 rings (SSSR count). The monoisotopic (exact) mass is 395 g/mol. The van der Waals surface area contributed by atoms with Crippen molar-refractivity contribution in [1.29, 1.82) is 0 Å². The Balaban J connectivity index is 1.68. The standard InChI is InChI=1S/C21H21N3O3S/c1-15-6-7-16(2)20(13-15)28(26,27)24-18-10-8-17(9-11-18)21(25)23-14-19-5-3-4-12-22-19/h3-13,24H,14H2,1-2H3,(H,23,25). The first kappa shape index (κ1) is 19.6. The molecular formula is C21H21N3O3S. The van der Waals surface area contributed by atoms with E-state index in [-0.39, 0.29) is 10.8 Å². The minimum absolute atomic E-state index is 0.240. The van der Waals surface area contributed by atoms with E-state index in [1.807, 2.05) is 31.2 Å². The number of carbonyl (C=O) groups is 1. The molecule has 144 valence electrons. The first-order valence-electron chi connectivity index (χ1n) is 8.73. The number of pyridine rings is 1. The molecule has 0 aliphatic rings. The minimum atomic E-state index is -3.70. The van der Waals surface area contributed by atoms with Gasteiger partial charge in [0.05, 0.1) is 17.1 Å².